The third kappa shape index (κ3) is 3.10. The number of hydrogen-bond donors (Lipinski definition) is 0. The fraction of sp³-hybridized carbons (Fsp3) is 0.375. The first-order chi connectivity index (χ1) is 10.1. The standard InChI is InChI=1S/C16H18ClNO3/c1-3-7-21-16(20)14(4-2)18-9-11(10-19)13-8-12(17)5-6-15(13)18/h5-6,8-10,14H,3-4,7H2,1-2H3. The number of benzene rings is 1. The molecular formula is C16H18ClNO3. The third-order valence-corrected chi connectivity index (χ3v) is 3.63. The maximum atomic E-state index is 12.2. The van der Waals surface area contributed by atoms with Gasteiger partial charge in [-0.1, -0.05) is 25.4 Å². The molecule has 2 aromatic rings. The van der Waals surface area contributed by atoms with E-state index in [4.69, 9.17) is 16.3 Å². The molecule has 0 N–H and O–H groups in total. The summed E-state index contributed by atoms with van der Waals surface area (Å²) in [7, 11) is 0. The highest BCUT2D eigenvalue weighted by Gasteiger charge is 2.22. The highest BCUT2D eigenvalue weighted by Crippen LogP contribution is 2.28. The number of aromatic nitrogens is 1. The molecule has 1 aromatic carbocycles. The first-order valence-corrected chi connectivity index (χ1v) is 7.42. The summed E-state index contributed by atoms with van der Waals surface area (Å²) in [6, 6.07) is 4.87. The first kappa shape index (κ1) is 15.6. The minimum absolute atomic E-state index is 0.274. The molecule has 21 heavy (non-hydrogen) atoms. The lowest BCUT2D eigenvalue weighted by Gasteiger charge is -2.17. The van der Waals surface area contributed by atoms with Crippen LogP contribution in [0.15, 0.2) is 24.4 Å². The van der Waals surface area contributed by atoms with Gasteiger partial charge in [0.2, 0.25) is 0 Å². The molecule has 0 aliphatic carbocycles. The highest BCUT2D eigenvalue weighted by molar-refractivity contribution is 6.31. The molecule has 4 nitrogen and oxygen atoms in total. The van der Waals surface area contributed by atoms with Crippen molar-refractivity contribution in [1.82, 2.24) is 4.57 Å². The van der Waals surface area contributed by atoms with Crippen LogP contribution in [0, 0.1) is 0 Å². The summed E-state index contributed by atoms with van der Waals surface area (Å²) >= 11 is 5.98. The molecule has 0 saturated heterocycles. The van der Waals surface area contributed by atoms with Gasteiger partial charge in [-0.05, 0) is 31.0 Å². The molecular weight excluding hydrogens is 290 g/mol. The predicted octanol–water partition coefficient (Wildman–Crippen LogP) is 4.01. The highest BCUT2D eigenvalue weighted by atomic mass is 35.5. The molecule has 5 heteroatoms. The minimum Gasteiger partial charge on any atom is -0.464 e. The maximum absolute atomic E-state index is 12.2. The zero-order chi connectivity index (χ0) is 15.4. The second-order valence-electron chi connectivity index (χ2n) is 4.86. The van der Waals surface area contributed by atoms with Crippen LogP contribution in [0.3, 0.4) is 0 Å². The Morgan fingerprint density at radius 2 is 2.19 bits per heavy atom. The van der Waals surface area contributed by atoms with Gasteiger partial charge in [-0.3, -0.25) is 4.79 Å². The first-order valence-electron chi connectivity index (χ1n) is 7.04. The van der Waals surface area contributed by atoms with Gasteiger partial charge in [0.05, 0.1) is 6.61 Å². The molecule has 1 heterocycles. The van der Waals surface area contributed by atoms with Gasteiger partial charge >= 0.3 is 5.97 Å². The second-order valence-corrected chi connectivity index (χ2v) is 5.30. The topological polar surface area (TPSA) is 48.3 Å². The Kier molecular flexibility index (Phi) is 5.02. The molecule has 0 radical (unpaired) electrons. The number of fused-ring (bicyclic) bond motifs is 1. The number of carbonyl (C=O) groups is 2. The van der Waals surface area contributed by atoms with Crippen LogP contribution >= 0.6 is 11.6 Å². The van der Waals surface area contributed by atoms with Crippen LogP contribution in [-0.2, 0) is 9.53 Å². The summed E-state index contributed by atoms with van der Waals surface area (Å²) in [5.41, 5.74) is 1.33. The second kappa shape index (κ2) is 6.76. The van der Waals surface area contributed by atoms with Gasteiger partial charge in [0.25, 0.3) is 0 Å². The van der Waals surface area contributed by atoms with Crippen molar-refractivity contribution < 1.29 is 14.3 Å². The SMILES string of the molecule is CCCOC(=O)C(CC)n1cc(C=O)c2cc(Cl)ccc21. The molecule has 112 valence electrons. The fourth-order valence-corrected chi connectivity index (χ4v) is 2.55. The average molecular weight is 308 g/mol. The summed E-state index contributed by atoms with van der Waals surface area (Å²) in [6.45, 7) is 4.27. The van der Waals surface area contributed by atoms with Crippen LogP contribution in [0.2, 0.25) is 5.02 Å². The lowest BCUT2D eigenvalue weighted by atomic mass is 10.2. The fourth-order valence-electron chi connectivity index (χ4n) is 2.38. The normalized spacial score (nSPS) is 12.3. The molecule has 1 atom stereocenters. The van der Waals surface area contributed by atoms with Crippen LogP contribution in [0.1, 0.15) is 43.1 Å². The number of halogens is 1. The molecule has 0 amide bonds. The largest absolute Gasteiger partial charge is 0.464 e. The zero-order valence-corrected chi connectivity index (χ0v) is 12.9. The predicted molar refractivity (Wildman–Crippen MR) is 82.9 cm³/mol. The molecule has 0 aliphatic heterocycles. The summed E-state index contributed by atoms with van der Waals surface area (Å²) in [6.07, 6.45) is 3.84. The number of nitrogens with zero attached hydrogens (tertiary/aromatic N) is 1. The van der Waals surface area contributed by atoms with Crippen molar-refractivity contribution in [2.24, 2.45) is 0 Å². The summed E-state index contributed by atoms with van der Waals surface area (Å²) in [5.74, 6) is -0.274. The van der Waals surface area contributed by atoms with Crippen LogP contribution < -0.4 is 0 Å². The van der Waals surface area contributed by atoms with Crippen molar-refractivity contribution in [2.45, 2.75) is 32.7 Å². The quantitative estimate of drug-likeness (QED) is 0.598. The Morgan fingerprint density at radius 3 is 2.81 bits per heavy atom. The van der Waals surface area contributed by atoms with Crippen molar-refractivity contribution in [3.8, 4) is 0 Å². The molecule has 2 rings (SSSR count). The number of esters is 1. The van der Waals surface area contributed by atoms with Crippen molar-refractivity contribution >= 4 is 34.8 Å². The summed E-state index contributed by atoms with van der Waals surface area (Å²) in [5, 5.41) is 1.31. The van der Waals surface area contributed by atoms with Crippen molar-refractivity contribution in [3.63, 3.8) is 0 Å². The van der Waals surface area contributed by atoms with Gasteiger partial charge in [0, 0.05) is 27.7 Å². The van der Waals surface area contributed by atoms with E-state index in [0.29, 0.717) is 23.6 Å². The Hall–Kier alpha value is -1.81. The zero-order valence-electron chi connectivity index (χ0n) is 12.1. The van der Waals surface area contributed by atoms with E-state index in [9.17, 15) is 9.59 Å². The maximum Gasteiger partial charge on any atom is 0.329 e. The van der Waals surface area contributed by atoms with Crippen molar-refractivity contribution in [2.75, 3.05) is 6.61 Å². The Morgan fingerprint density at radius 1 is 1.43 bits per heavy atom. The molecule has 1 unspecified atom stereocenters. The van der Waals surface area contributed by atoms with E-state index in [1.807, 2.05) is 19.9 Å². The molecule has 0 spiro atoms. The van der Waals surface area contributed by atoms with Crippen LogP contribution in [0.25, 0.3) is 10.9 Å². The van der Waals surface area contributed by atoms with Gasteiger partial charge in [-0.25, -0.2) is 4.79 Å². The Bertz CT molecular complexity index is 663. The number of aldehydes is 1. The average Bonchev–Trinajstić information content (AvgIpc) is 2.83. The molecule has 1 aromatic heterocycles. The number of carbonyl (C=O) groups excluding carboxylic acids is 2. The van der Waals surface area contributed by atoms with E-state index in [2.05, 4.69) is 0 Å². The molecule has 0 fully saturated rings. The van der Waals surface area contributed by atoms with Crippen LogP contribution in [-0.4, -0.2) is 23.4 Å². The van der Waals surface area contributed by atoms with Gasteiger partial charge < -0.3 is 9.30 Å². The lowest BCUT2D eigenvalue weighted by Crippen LogP contribution is -2.21. The Balaban J connectivity index is 2.48. The van der Waals surface area contributed by atoms with E-state index in [-0.39, 0.29) is 5.97 Å². The number of ether oxygens (including phenoxy) is 1. The Labute approximate surface area is 128 Å². The molecule has 0 bridgehead atoms. The monoisotopic (exact) mass is 307 g/mol. The van der Waals surface area contributed by atoms with Gasteiger partial charge in [-0.15, -0.1) is 0 Å². The van der Waals surface area contributed by atoms with Crippen molar-refractivity contribution in [3.05, 3.63) is 35.0 Å². The summed E-state index contributed by atoms with van der Waals surface area (Å²) < 4.78 is 7.04. The van der Waals surface area contributed by atoms with E-state index >= 15 is 0 Å². The molecule has 0 aliphatic rings. The summed E-state index contributed by atoms with van der Waals surface area (Å²) in [4.78, 5) is 23.4. The van der Waals surface area contributed by atoms with E-state index in [1.54, 1.807) is 22.9 Å². The lowest BCUT2D eigenvalue weighted by molar-refractivity contribution is -0.147. The van der Waals surface area contributed by atoms with Gasteiger partial charge in [0.1, 0.15) is 6.04 Å². The van der Waals surface area contributed by atoms with Gasteiger partial charge in [-0.2, -0.15) is 0 Å². The van der Waals surface area contributed by atoms with Crippen LogP contribution in [0.4, 0.5) is 0 Å². The minimum atomic E-state index is -0.436. The van der Waals surface area contributed by atoms with E-state index < -0.39 is 6.04 Å². The number of rotatable bonds is 6. The van der Waals surface area contributed by atoms with E-state index in [0.717, 1.165) is 23.6 Å². The number of hydrogen-bond acceptors (Lipinski definition) is 3. The van der Waals surface area contributed by atoms with Gasteiger partial charge in [0.15, 0.2) is 6.29 Å². The van der Waals surface area contributed by atoms with E-state index in [1.165, 1.54) is 0 Å². The third-order valence-electron chi connectivity index (χ3n) is 3.40. The van der Waals surface area contributed by atoms with Crippen LogP contribution in [0.5, 0.6) is 0 Å². The molecule has 0 saturated carbocycles. The smallest absolute Gasteiger partial charge is 0.329 e. The van der Waals surface area contributed by atoms with Crippen molar-refractivity contribution in [1.29, 1.82) is 0 Å².